The zero-order chi connectivity index (χ0) is 13.0. The highest BCUT2D eigenvalue weighted by Gasteiger charge is 2.16. The van der Waals surface area contributed by atoms with Crippen LogP contribution in [0.1, 0.15) is 19.4 Å². The molecule has 0 aliphatic carbocycles. The predicted molar refractivity (Wildman–Crippen MR) is 67.0 cm³/mol. The van der Waals surface area contributed by atoms with E-state index in [-0.39, 0.29) is 18.6 Å². The van der Waals surface area contributed by atoms with Crippen LogP contribution in [0, 0.1) is 0 Å². The number of ether oxygens (including phenoxy) is 3. The van der Waals surface area contributed by atoms with E-state index in [4.69, 9.17) is 14.2 Å². The second-order valence-electron chi connectivity index (χ2n) is 4.23. The number of benzene rings is 1. The second-order valence-corrected chi connectivity index (χ2v) is 4.23. The van der Waals surface area contributed by atoms with Gasteiger partial charge in [0.2, 0.25) is 6.79 Å². The highest BCUT2D eigenvalue weighted by molar-refractivity contribution is 5.51. The molecule has 100 valence electrons. The van der Waals surface area contributed by atoms with Gasteiger partial charge in [-0.15, -0.1) is 0 Å². The van der Waals surface area contributed by atoms with Crippen LogP contribution >= 0.6 is 0 Å². The first kappa shape index (κ1) is 13.0. The maximum absolute atomic E-state index is 9.84. The lowest BCUT2D eigenvalue weighted by Gasteiger charge is -2.13. The molecule has 0 saturated heterocycles. The van der Waals surface area contributed by atoms with E-state index < -0.39 is 0 Å². The third kappa shape index (κ3) is 3.05. The van der Waals surface area contributed by atoms with Crippen LogP contribution < -0.4 is 14.8 Å². The van der Waals surface area contributed by atoms with E-state index >= 15 is 0 Å². The Morgan fingerprint density at radius 1 is 1.39 bits per heavy atom. The van der Waals surface area contributed by atoms with Gasteiger partial charge in [-0.05, 0) is 19.9 Å². The van der Waals surface area contributed by atoms with Crippen LogP contribution in [0.15, 0.2) is 12.1 Å². The van der Waals surface area contributed by atoms with Crippen LogP contribution in [0.3, 0.4) is 0 Å². The van der Waals surface area contributed by atoms with Crippen molar-refractivity contribution >= 4 is 0 Å². The molecule has 1 heterocycles. The van der Waals surface area contributed by atoms with Gasteiger partial charge in [-0.3, -0.25) is 0 Å². The first-order valence-corrected chi connectivity index (χ1v) is 6.14. The fourth-order valence-corrected chi connectivity index (χ4v) is 1.87. The van der Waals surface area contributed by atoms with Crippen molar-refractivity contribution in [1.82, 2.24) is 5.32 Å². The Morgan fingerprint density at radius 2 is 2.11 bits per heavy atom. The van der Waals surface area contributed by atoms with E-state index in [1.54, 1.807) is 12.1 Å². The second kappa shape index (κ2) is 5.93. The first-order valence-electron chi connectivity index (χ1n) is 6.14. The molecule has 1 aliphatic heterocycles. The van der Waals surface area contributed by atoms with Crippen LogP contribution in [-0.4, -0.2) is 31.2 Å². The summed E-state index contributed by atoms with van der Waals surface area (Å²) in [6.07, 6.45) is 0.158. The topological polar surface area (TPSA) is 60.0 Å². The maximum Gasteiger partial charge on any atom is 0.231 e. The monoisotopic (exact) mass is 253 g/mol. The number of fused-ring (bicyclic) bond motifs is 1. The van der Waals surface area contributed by atoms with Gasteiger partial charge >= 0.3 is 0 Å². The number of hydrogen-bond acceptors (Lipinski definition) is 5. The zero-order valence-corrected chi connectivity index (χ0v) is 10.7. The molecule has 1 atom stereocenters. The Hall–Kier alpha value is -1.46. The van der Waals surface area contributed by atoms with E-state index in [1.165, 1.54) is 0 Å². The molecule has 1 aromatic carbocycles. The average molecular weight is 253 g/mol. The molecule has 0 bridgehead atoms. The molecule has 0 aromatic heterocycles. The number of rotatable bonds is 6. The molecule has 0 fully saturated rings. The summed E-state index contributed by atoms with van der Waals surface area (Å²) >= 11 is 0. The summed E-state index contributed by atoms with van der Waals surface area (Å²) in [6.45, 7) is 6.21. The van der Waals surface area contributed by atoms with E-state index in [1.807, 2.05) is 13.8 Å². The minimum absolute atomic E-state index is 0.158. The highest BCUT2D eigenvalue weighted by Crippen LogP contribution is 2.37. The summed E-state index contributed by atoms with van der Waals surface area (Å²) in [5, 5.41) is 13.1. The summed E-state index contributed by atoms with van der Waals surface area (Å²) in [5.41, 5.74) is 0.794. The number of phenols is 1. The molecule has 0 radical (unpaired) electrons. The van der Waals surface area contributed by atoms with Crippen LogP contribution in [0.25, 0.3) is 0 Å². The minimum atomic E-state index is 0.158. The van der Waals surface area contributed by atoms with Crippen molar-refractivity contribution < 1.29 is 19.3 Å². The van der Waals surface area contributed by atoms with Crippen molar-refractivity contribution in [2.24, 2.45) is 0 Å². The SMILES string of the molecule is CCOC(C)CNCc1cc2c(cc1O)OCO2. The Bertz CT molecular complexity index is 408. The molecule has 5 nitrogen and oxygen atoms in total. The molecule has 0 amide bonds. The lowest BCUT2D eigenvalue weighted by atomic mass is 10.1. The van der Waals surface area contributed by atoms with Crippen LogP contribution in [0.2, 0.25) is 0 Å². The first-order chi connectivity index (χ1) is 8.70. The minimum Gasteiger partial charge on any atom is -0.507 e. The fourth-order valence-electron chi connectivity index (χ4n) is 1.87. The number of hydrogen-bond donors (Lipinski definition) is 2. The Morgan fingerprint density at radius 3 is 2.83 bits per heavy atom. The van der Waals surface area contributed by atoms with Gasteiger partial charge in [0, 0.05) is 31.3 Å². The van der Waals surface area contributed by atoms with Gasteiger partial charge < -0.3 is 24.6 Å². The van der Waals surface area contributed by atoms with Crippen molar-refractivity contribution in [3.63, 3.8) is 0 Å². The molecular formula is C13H19NO4. The molecule has 18 heavy (non-hydrogen) atoms. The third-order valence-electron chi connectivity index (χ3n) is 2.77. The van der Waals surface area contributed by atoms with Gasteiger partial charge in [-0.2, -0.15) is 0 Å². The van der Waals surface area contributed by atoms with Gasteiger partial charge in [0.05, 0.1) is 6.10 Å². The maximum atomic E-state index is 9.84. The molecule has 0 saturated carbocycles. The molecular weight excluding hydrogens is 234 g/mol. The molecule has 5 heteroatoms. The van der Waals surface area contributed by atoms with Gasteiger partial charge in [0.15, 0.2) is 11.5 Å². The summed E-state index contributed by atoms with van der Waals surface area (Å²) in [5.74, 6) is 1.50. The Balaban J connectivity index is 1.90. The van der Waals surface area contributed by atoms with Crippen molar-refractivity contribution in [1.29, 1.82) is 0 Å². The van der Waals surface area contributed by atoms with Gasteiger partial charge in [0.1, 0.15) is 5.75 Å². The standard InChI is InChI=1S/C13H19NO4/c1-3-16-9(2)6-14-7-10-4-12-13(5-11(10)15)18-8-17-12/h4-5,9,14-15H,3,6-8H2,1-2H3. The smallest absolute Gasteiger partial charge is 0.231 e. The Kier molecular flexibility index (Phi) is 4.28. The molecule has 1 unspecified atom stereocenters. The van der Waals surface area contributed by atoms with E-state index in [0.29, 0.717) is 24.7 Å². The van der Waals surface area contributed by atoms with Crippen molar-refractivity contribution in [2.75, 3.05) is 19.9 Å². The molecule has 2 N–H and O–H groups in total. The lowest BCUT2D eigenvalue weighted by Crippen LogP contribution is -2.26. The van der Waals surface area contributed by atoms with Crippen LogP contribution in [0.5, 0.6) is 17.2 Å². The summed E-state index contributed by atoms with van der Waals surface area (Å²) in [4.78, 5) is 0. The van der Waals surface area contributed by atoms with Crippen LogP contribution in [-0.2, 0) is 11.3 Å². The van der Waals surface area contributed by atoms with Crippen molar-refractivity contribution in [2.45, 2.75) is 26.5 Å². The molecule has 0 spiro atoms. The quantitative estimate of drug-likeness (QED) is 0.807. The highest BCUT2D eigenvalue weighted by atomic mass is 16.7. The zero-order valence-electron chi connectivity index (χ0n) is 10.7. The van der Waals surface area contributed by atoms with Crippen LogP contribution in [0.4, 0.5) is 0 Å². The molecule has 2 rings (SSSR count). The van der Waals surface area contributed by atoms with E-state index in [9.17, 15) is 5.11 Å². The summed E-state index contributed by atoms with van der Waals surface area (Å²) in [7, 11) is 0. The molecule has 1 aromatic rings. The van der Waals surface area contributed by atoms with Gasteiger partial charge in [-0.1, -0.05) is 0 Å². The largest absolute Gasteiger partial charge is 0.507 e. The number of phenolic OH excluding ortho intramolecular Hbond substituents is 1. The fraction of sp³-hybridized carbons (Fsp3) is 0.538. The summed E-state index contributed by atoms with van der Waals surface area (Å²) in [6, 6.07) is 3.39. The molecule has 1 aliphatic rings. The van der Waals surface area contributed by atoms with Gasteiger partial charge in [-0.25, -0.2) is 0 Å². The normalized spacial score (nSPS) is 14.8. The van der Waals surface area contributed by atoms with Gasteiger partial charge in [0.25, 0.3) is 0 Å². The average Bonchev–Trinajstić information content (AvgIpc) is 2.76. The lowest BCUT2D eigenvalue weighted by molar-refractivity contribution is 0.0759. The summed E-state index contributed by atoms with van der Waals surface area (Å²) < 4.78 is 15.9. The van der Waals surface area contributed by atoms with E-state index in [2.05, 4.69) is 5.32 Å². The predicted octanol–water partition coefficient (Wildman–Crippen LogP) is 1.64. The van der Waals surface area contributed by atoms with Crippen molar-refractivity contribution in [3.8, 4) is 17.2 Å². The Labute approximate surface area is 107 Å². The number of aromatic hydroxyl groups is 1. The number of nitrogens with one attached hydrogen (secondary N) is 1. The van der Waals surface area contributed by atoms with E-state index in [0.717, 1.165) is 12.1 Å². The third-order valence-corrected chi connectivity index (χ3v) is 2.77. The van der Waals surface area contributed by atoms with Crippen molar-refractivity contribution in [3.05, 3.63) is 17.7 Å².